The van der Waals surface area contributed by atoms with Crippen LogP contribution in [0.4, 0.5) is 4.39 Å². The Balaban J connectivity index is 1.51. The van der Waals surface area contributed by atoms with Crippen LogP contribution in [-0.2, 0) is 4.79 Å². The lowest BCUT2D eigenvalue weighted by atomic mass is 9.91. The van der Waals surface area contributed by atoms with Crippen molar-refractivity contribution < 1.29 is 14.0 Å². The van der Waals surface area contributed by atoms with Crippen molar-refractivity contribution in [2.45, 2.75) is 44.7 Å². The van der Waals surface area contributed by atoms with Gasteiger partial charge in [-0.25, -0.2) is 14.1 Å². The molecular formula is C21H22FN5O2S. The Bertz CT molecular complexity index is 1020. The summed E-state index contributed by atoms with van der Waals surface area (Å²) in [6, 6.07) is 9.89. The molecule has 0 unspecified atom stereocenters. The van der Waals surface area contributed by atoms with Gasteiger partial charge in [0.2, 0.25) is 11.7 Å². The van der Waals surface area contributed by atoms with Gasteiger partial charge in [-0.2, -0.15) is 0 Å². The number of hydrogen-bond donors (Lipinski definition) is 2. The molecule has 4 rings (SSSR count). The third kappa shape index (κ3) is 4.56. The smallest absolute Gasteiger partial charge is 0.291 e. The Hall–Kier alpha value is -3.07. The fourth-order valence-corrected chi connectivity index (χ4v) is 4.35. The van der Waals surface area contributed by atoms with E-state index < -0.39 is 0 Å². The number of nitrogens with one attached hydrogen (secondary N) is 2. The largest absolute Gasteiger partial charge is 0.354 e. The van der Waals surface area contributed by atoms with Gasteiger partial charge in [-0.3, -0.25) is 9.59 Å². The first-order chi connectivity index (χ1) is 14.5. The molecule has 0 radical (unpaired) electrons. The van der Waals surface area contributed by atoms with Crippen LogP contribution in [0.3, 0.4) is 0 Å². The summed E-state index contributed by atoms with van der Waals surface area (Å²) in [5, 5.41) is 12.3. The molecule has 2 aromatic heterocycles. The van der Waals surface area contributed by atoms with Crippen molar-refractivity contribution in [3.05, 3.63) is 53.4 Å². The molecule has 1 aliphatic carbocycles. The predicted octanol–water partition coefficient (Wildman–Crippen LogP) is 3.31. The second-order valence-electron chi connectivity index (χ2n) is 7.35. The second-order valence-corrected chi connectivity index (χ2v) is 8.29. The Morgan fingerprint density at radius 3 is 2.33 bits per heavy atom. The van der Waals surface area contributed by atoms with Crippen molar-refractivity contribution in [3.63, 3.8) is 0 Å². The van der Waals surface area contributed by atoms with E-state index in [0.29, 0.717) is 11.5 Å². The van der Waals surface area contributed by atoms with Crippen LogP contribution < -0.4 is 10.6 Å². The maximum atomic E-state index is 13.3. The molecule has 0 bridgehead atoms. The van der Waals surface area contributed by atoms with Gasteiger partial charge in [0.05, 0.1) is 10.6 Å². The Labute approximate surface area is 177 Å². The number of thiophene rings is 1. The molecule has 0 atom stereocenters. The molecule has 156 valence electrons. The number of hydrogen-bond acceptors (Lipinski definition) is 5. The van der Waals surface area contributed by atoms with Gasteiger partial charge in [0.25, 0.3) is 5.91 Å². The van der Waals surface area contributed by atoms with Gasteiger partial charge in [0.15, 0.2) is 5.82 Å². The normalized spacial score (nSPS) is 18.7. The van der Waals surface area contributed by atoms with Gasteiger partial charge >= 0.3 is 0 Å². The highest BCUT2D eigenvalue weighted by molar-refractivity contribution is 7.13. The predicted molar refractivity (Wildman–Crippen MR) is 112 cm³/mol. The molecule has 7 nitrogen and oxygen atoms in total. The quantitative estimate of drug-likeness (QED) is 0.654. The third-order valence-electron chi connectivity index (χ3n) is 5.09. The molecule has 2 amide bonds. The maximum absolute atomic E-state index is 13.3. The molecule has 1 aliphatic rings. The molecule has 0 saturated heterocycles. The molecule has 0 spiro atoms. The molecule has 30 heavy (non-hydrogen) atoms. The minimum Gasteiger partial charge on any atom is -0.354 e. The summed E-state index contributed by atoms with van der Waals surface area (Å²) in [5.41, 5.74) is 0.627. The van der Waals surface area contributed by atoms with Crippen molar-refractivity contribution >= 4 is 23.2 Å². The number of benzene rings is 1. The molecular weight excluding hydrogens is 405 g/mol. The van der Waals surface area contributed by atoms with E-state index in [0.717, 1.165) is 30.6 Å². The molecule has 3 aromatic rings. The fraction of sp³-hybridized carbons (Fsp3) is 0.333. The zero-order valence-electron chi connectivity index (χ0n) is 16.5. The first-order valence-corrected chi connectivity index (χ1v) is 10.7. The van der Waals surface area contributed by atoms with E-state index in [1.54, 1.807) is 16.8 Å². The van der Waals surface area contributed by atoms with Gasteiger partial charge < -0.3 is 10.6 Å². The molecule has 2 N–H and O–H groups in total. The molecule has 1 aromatic carbocycles. The van der Waals surface area contributed by atoms with Gasteiger partial charge in [-0.1, -0.05) is 6.07 Å². The van der Waals surface area contributed by atoms with Crippen LogP contribution in [0.25, 0.3) is 16.4 Å². The van der Waals surface area contributed by atoms with Crippen LogP contribution in [-0.4, -0.2) is 38.7 Å². The highest BCUT2D eigenvalue weighted by Gasteiger charge is 2.25. The van der Waals surface area contributed by atoms with E-state index in [1.807, 2.05) is 17.5 Å². The fourth-order valence-electron chi connectivity index (χ4n) is 3.66. The summed E-state index contributed by atoms with van der Waals surface area (Å²) >= 11 is 1.49. The summed E-state index contributed by atoms with van der Waals surface area (Å²) in [6.07, 6.45) is 3.21. The van der Waals surface area contributed by atoms with E-state index in [2.05, 4.69) is 20.7 Å². The highest BCUT2D eigenvalue weighted by Crippen LogP contribution is 2.26. The molecule has 1 saturated carbocycles. The first kappa shape index (κ1) is 20.2. The van der Waals surface area contributed by atoms with Crippen molar-refractivity contribution in [1.29, 1.82) is 0 Å². The Kier molecular flexibility index (Phi) is 5.89. The minimum absolute atomic E-state index is 0.0190. The minimum atomic E-state index is -0.343. The Morgan fingerprint density at radius 1 is 1.07 bits per heavy atom. The first-order valence-electron chi connectivity index (χ1n) is 9.84. The average molecular weight is 428 g/mol. The standard InChI is InChI=1S/C21H22FN5O2S/c1-13(28)23-15-6-8-16(9-7-15)24-21(29)19-25-20(18-3-2-12-30-18)27(26-19)17-10-4-14(22)5-11-17/h2-5,10-12,15-16H,6-9H2,1H3,(H,23,28)(H,24,29). The van der Waals surface area contributed by atoms with E-state index >= 15 is 0 Å². The number of nitrogens with zero attached hydrogens (tertiary/aromatic N) is 3. The maximum Gasteiger partial charge on any atom is 0.291 e. The van der Waals surface area contributed by atoms with Gasteiger partial charge in [0.1, 0.15) is 5.82 Å². The van der Waals surface area contributed by atoms with Crippen LogP contribution in [0.2, 0.25) is 0 Å². The van der Waals surface area contributed by atoms with Crippen LogP contribution in [0, 0.1) is 5.82 Å². The third-order valence-corrected chi connectivity index (χ3v) is 5.96. The topological polar surface area (TPSA) is 88.9 Å². The van der Waals surface area contributed by atoms with E-state index in [4.69, 9.17) is 0 Å². The van der Waals surface area contributed by atoms with Crippen molar-refractivity contribution in [1.82, 2.24) is 25.4 Å². The SMILES string of the molecule is CC(=O)NC1CCC(NC(=O)c2nc(-c3cccs3)n(-c3ccc(F)cc3)n2)CC1. The van der Waals surface area contributed by atoms with Gasteiger partial charge in [0, 0.05) is 19.0 Å². The van der Waals surface area contributed by atoms with E-state index in [9.17, 15) is 14.0 Å². The van der Waals surface area contributed by atoms with E-state index in [-0.39, 0.29) is 35.5 Å². The number of carbonyl (C=O) groups excluding carboxylic acids is 2. The lowest BCUT2D eigenvalue weighted by Gasteiger charge is -2.29. The summed E-state index contributed by atoms with van der Waals surface area (Å²) in [4.78, 5) is 29.4. The summed E-state index contributed by atoms with van der Waals surface area (Å²) in [5.74, 6) is -0.0945. The summed E-state index contributed by atoms with van der Waals surface area (Å²) < 4.78 is 14.9. The summed E-state index contributed by atoms with van der Waals surface area (Å²) in [6.45, 7) is 1.52. The molecule has 2 heterocycles. The second kappa shape index (κ2) is 8.74. The number of rotatable bonds is 5. The summed E-state index contributed by atoms with van der Waals surface area (Å²) in [7, 11) is 0. The zero-order chi connectivity index (χ0) is 21.1. The lowest BCUT2D eigenvalue weighted by molar-refractivity contribution is -0.119. The van der Waals surface area contributed by atoms with Crippen molar-refractivity contribution in [2.24, 2.45) is 0 Å². The van der Waals surface area contributed by atoms with Crippen molar-refractivity contribution in [3.8, 4) is 16.4 Å². The number of halogens is 1. The van der Waals surface area contributed by atoms with Crippen molar-refractivity contribution in [2.75, 3.05) is 0 Å². The van der Waals surface area contributed by atoms with Crippen LogP contribution in [0.15, 0.2) is 41.8 Å². The number of amides is 2. The molecule has 9 heteroatoms. The van der Waals surface area contributed by atoms with Crippen LogP contribution in [0.1, 0.15) is 43.2 Å². The van der Waals surface area contributed by atoms with Crippen LogP contribution >= 0.6 is 11.3 Å². The van der Waals surface area contributed by atoms with Crippen LogP contribution in [0.5, 0.6) is 0 Å². The highest BCUT2D eigenvalue weighted by atomic mass is 32.1. The number of carbonyl (C=O) groups is 2. The Morgan fingerprint density at radius 2 is 1.73 bits per heavy atom. The number of aromatic nitrogens is 3. The monoisotopic (exact) mass is 427 g/mol. The lowest BCUT2D eigenvalue weighted by Crippen LogP contribution is -2.43. The van der Waals surface area contributed by atoms with E-state index in [1.165, 1.54) is 30.4 Å². The zero-order valence-corrected chi connectivity index (χ0v) is 17.3. The molecule has 1 fully saturated rings. The average Bonchev–Trinajstić information content (AvgIpc) is 3.39. The van der Waals surface area contributed by atoms with Gasteiger partial charge in [-0.15, -0.1) is 16.4 Å². The van der Waals surface area contributed by atoms with Gasteiger partial charge in [-0.05, 0) is 61.4 Å². The molecule has 0 aliphatic heterocycles.